The van der Waals surface area contributed by atoms with Crippen LogP contribution >= 0.6 is 0 Å². The van der Waals surface area contributed by atoms with Crippen molar-refractivity contribution in [2.45, 2.75) is 13.0 Å². The number of aromatic nitrogens is 6. The number of hydrogen-bond donors (Lipinski definition) is 1. The first kappa shape index (κ1) is 18.1. The SMILES string of the molecule is COc1ccc(-n2nc(C(=O)N3CCNCC3C)cc2-c2cn(C)nn2)cn1. The van der Waals surface area contributed by atoms with Crippen molar-refractivity contribution in [1.29, 1.82) is 0 Å². The van der Waals surface area contributed by atoms with Crippen LogP contribution in [0.1, 0.15) is 17.4 Å². The summed E-state index contributed by atoms with van der Waals surface area (Å²) in [5.41, 5.74) is 2.36. The standard InChI is InChI=1S/C18H22N8O2/c1-12-9-19-6-7-25(12)18(27)14-8-16(15-11-24(2)23-21-15)26(22-14)13-4-5-17(28-3)20-10-13/h4-5,8,10-12,19H,6-7,9H2,1-3H3. The fraction of sp³-hybridized carbons (Fsp3) is 0.389. The Morgan fingerprint density at radius 3 is 2.86 bits per heavy atom. The number of nitrogens with zero attached hydrogens (tertiary/aromatic N) is 7. The molecule has 1 fully saturated rings. The molecule has 0 bridgehead atoms. The van der Waals surface area contributed by atoms with Crippen LogP contribution in [0.5, 0.6) is 5.88 Å². The highest BCUT2D eigenvalue weighted by molar-refractivity contribution is 5.93. The van der Waals surface area contributed by atoms with Gasteiger partial charge in [-0.25, -0.2) is 9.67 Å². The fourth-order valence-corrected chi connectivity index (χ4v) is 3.24. The zero-order valence-electron chi connectivity index (χ0n) is 16.0. The normalized spacial score (nSPS) is 17.0. The van der Waals surface area contributed by atoms with Crippen LogP contribution < -0.4 is 10.1 Å². The Hall–Kier alpha value is -3.27. The van der Waals surface area contributed by atoms with E-state index in [-0.39, 0.29) is 11.9 Å². The molecule has 1 amide bonds. The van der Waals surface area contributed by atoms with Gasteiger partial charge in [0, 0.05) is 38.8 Å². The molecular weight excluding hydrogens is 360 g/mol. The van der Waals surface area contributed by atoms with Gasteiger partial charge >= 0.3 is 0 Å². The van der Waals surface area contributed by atoms with Gasteiger partial charge in [0.05, 0.1) is 30.9 Å². The summed E-state index contributed by atoms with van der Waals surface area (Å²) < 4.78 is 8.40. The minimum atomic E-state index is -0.0978. The monoisotopic (exact) mass is 382 g/mol. The van der Waals surface area contributed by atoms with Crippen molar-refractivity contribution in [2.24, 2.45) is 7.05 Å². The first-order valence-electron chi connectivity index (χ1n) is 9.05. The van der Waals surface area contributed by atoms with Gasteiger partial charge in [-0.05, 0) is 19.1 Å². The largest absolute Gasteiger partial charge is 0.481 e. The minimum absolute atomic E-state index is 0.0978. The Labute approximate surface area is 162 Å². The number of piperazine rings is 1. The van der Waals surface area contributed by atoms with Crippen LogP contribution in [0.3, 0.4) is 0 Å². The maximum Gasteiger partial charge on any atom is 0.274 e. The predicted molar refractivity (Wildman–Crippen MR) is 101 cm³/mol. The van der Waals surface area contributed by atoms with Crippen LogP contribution in [0, 0.1) is 0 Å². The van der Waals surface area contributed by atoms with Crippen molar-refractivity contribution < 1.29 is 9.53 Å². The van der Waals surface area contributed by atoms with E-state index < -0.39 is 0 Å². The van der Waals surface area contributed by atoms with Gasteiger partial charge in [0.15, 0.2) is 5.69 Å². The lowest BCUT2D eigenvalue weighted by atomic mass is 10.2. The molecule has 0 aromatic carbocycles. The second kappa shape index (κ2) is 7.39. The summed E-state index contributed by atoms with van der Waals surface area (Å²) in [5, 5.41) is 16.0. The van der Waals surface area contributed by atoms with E-state index >= 15 is 0 Å². The van der Waals surface area contributed by atoms with Crippen molar-refractivity contribution in [3.8, 4) is 23.0 Å². The molecule has 0 aliphatic carbocycles. The van der Waals surface area contributed by atoms with Crippen molar-refractivity contribution in [2.75, 3.05) is 26.7 Å². The lowest BCUT2D eigenvalue weighted by Gasteiger charge is -2.33. The topological polar surface area (TPSA) is 103 Å². The van der Waals surface area contributed by atoms with Gasteiger partial charge in [-0.2, -0.15) is 5.10 Å². The van der Waals surface area contributed by atoms with E-state index in [9.17, 15) is 4.79 Å². The summed E-state index contributed by atoms with van der Waals surface area (Å²) in [7, 11) is 3.35. The highest BCUT2D eigenvalue weighted by Gasteiger charge is 2.27. The van der Waals surface area contributed by atoms with E-state index in [2.05, 4.69) is 25.7 Å². The lowest BCUT2D eigenvalue weighted by Crippen LogP contribution is -2.52. The van der Waals surface area contributed by atoms with Gasteiger partial charge in [0.1, 0.15) is 5.69 Å². The van der Waals surface area contributed by atoms with Gasteiger partial charge in [-0.15, -0.1) is 5.10 Å². The highest BCUT2D eigenvalue weighted by Crippen LogP contribution is 2.24. The van der Waals surface area contributed by atoms with Crippen LogP contribution in [-0.4, -0.2) is 73.4 Å². The summed E-state index contributed by atoms with van der Waals surface area (Å²) in [5.74, 6) is 0.405. The van der Waals surface area contributed by atoms with Crippen LogP contribution in [-0.2, 0) is 7.05 Å². The van der Waals surface area contributed by atoms with Crippen molar-refractivity contribution in [3.05, 3.63) is 36.3 Å². The highest BCUT2D eigenvalue weighted by atomic mass is 16.5. The molecule has 3 aromatic heterocycles. The molecule has 1 saturated heterocycles. The van der Waals surface area contributed by atoms with E-state index in [4.69, 9.17) is 4.74 Å². The number of methoxy groups -OCH3 is 1. The molecule has 4 rings (SSSR count). The first-order valence-corrected chi connectivity index (χ1v) is 9.05. The number of carbonyl (C=O) groups is 1. The van der Waals surface area contributed by atoms with E-state index in [1.807, 2.05) is 17.9 Å². The molecule has 4 heterocycles. The van der Waals surface area contributed by atoms with Gasteiger partial charge < -0.3 is 15.0 Å². The van der Waals surface area contributed by atoms with Gasteiger partial charge in [0.2, 0.25) is 5.88 Å². The van der Waals surface area contributed by atoms with E-state index in [1.54, 1.807) is 48.0 Å². The molecule has 1 atom stereocenters. The van der Waals surface area contributed by atoms with Crippen LogP contribution in [0.25, 0.3) is 17.1 Å². The molecule has 0 radical (unpaired) electrons. The number of ether oxygens (including phenoxy) is 1. The Bertz CT molecular complexity index is 978. The minimum Gasteiger partial charge on any atom is -0.481 e. The zero-order chi connectivity index (χ0) is 19.7. The maximum atomic E-state index is 13.1. The number of hydrogen-bond acceptors (Lipinski definition) is 7. The zero-order valence-corrected chi connectivity index (χ0v) is 16.0. The Morgan fingerprint density at radius 1 is 1.36 bits per heavy atom. The molecule has 1 unspecified atom stereocenters. The molecule has 1 aliphatic heterocycles. The predicted octanol–water partition coefficient (Wildman–Crippen LogP) is 0.505. The van der Waals surface area contributed by atoms with Gasteiger partial charge in [0.25, 0.3) is 5.91 Å². The molecule has 10 nitrogen and oxygen atoms in total. The summed E-state index contributed by atoms with van der Waals surface area (Å²) in [6, 6.07) is 5.44. The number of aryl methyl sites for hydroxylation is 1. The van der Waals surface area contributed by atoms with E-state index in [1.165, 1.54) is 0 Å². The van der Waals surface area contributed by atoms with E-state index in [0.717, 1.165) is 13.1 Å². The summed E-state index contributed by atoms with van der Waals surface area (Å²) in [6.07, 6.45) is 3.43. The number of pyridine rings is 1. The molecule has 10 heteroatoms. The van der Waals surface area contributed by atoms with E-state index in [0.29, 0.717) is 35.2 Å². The smallest absolute Gasteiger partial charge is 0.274 e. The second-order valence-corrected chi connectivity index (χ2v) is 6.71. The average molecular weight is 382 g/mol. The van der Waals surface area contributed by atoms with Crippen molar-refractivity contribution in [1.82, 2.24) is 40.0 Å². The van der Waals surface area contributed by atoms with Crippen molar-refractivity contribution >= 4 is 5.91 Å². The molecule has 0 saturated carbocycles. The molecule has 1 N–H and O–H groups in total. The third-order valence-electron chi connectivity index (χ3n) is 4.73. The maximum absolute atomic E-state index is 13.1. The molecule has 146 valence electrons. The number of carbonyl (C=O) groups excluding carboxylic acids is 1. The van der Waals surface area contributed by atoms with Crippen LogP contribution in [0.15, 0.2) is 30.6 Å². The summed E-state index contributed by atoms with van der Waals surface area (Å²) in [6.45, 7) is 4.22. The first-order chi connectivity index (χ1) is 13.6. The molecule has 1 aliphatic rings. The number of nitrogens with one attached hydrogen (secondary N) is 1. The quantitative estimate of drug-likeness (QED) is 0.701. The molecule has 0 spiro atoms. The van der Waals surface area contributed by atoms with Crippen molar-refractivity contribution in [3.63, 3.8) is 0 Å². The summed E-state index contributed by atoms with van der Waals surface area (Å²) >= 11 is 0. The Balaban J connectivity index is 1.76. The van der Waals surface area contributed by atoms with Gasteiger partial charge in [-0.1, -0.05) is 5.21 Å². The molecular formula is C18H22N8O2. The summed E-state index contributed by atoms with van der Waals surface area (Å²) in [4.78, 5) is 19.2. The number of rotatable bonds is 4. The average Bonchev–Trinajstić information content (AvgIpc) is 3.34. The third kappa shape index (κ3) is 3.33. The molecule has 28 heavy (non-hydrogen) atoms. The van der Waals surface area contributed by atoms with Crippen LogP contribution in [0.4, 0.5) is 0 Å². The number of amides is 1. The van der Waals surface area contributed by atoms with Gasteiger partial charge in [-0.3, -0.25) is 9.48 Å². The molecule has 3 aromatic rings. The third-order valence-corrected chi connectivity index (χ3v) is 4.73. The Kier molecular flexibility index (Phi) is 4.78. The fourth-order valence-electron chi connectivity index (χ4n) is 3.24. The Morgan fingerprint density at radius 2 is 2.21 bits per heavy atom. The van der Waals surface area contributed by atoms with Crippen LogP contribution in [0.2, 0.25) is 0 Å². The second-order valence-electron chi connectivity index (χ2n) is 6.71. The lowest BCUT2D eigenvalue weighted by molar-refractivity contribution is 0.0649.